The number of aliphatic hydroxyl groups is 1. The molecule has 0 unspecified atom stereocenters. The van der Waals surface area contributed by atoms with Crippen LogP contribution in [0.15, 0.2) is 36.4 Å². The summed E-state index contributed by atoms with van der Waals surface area (Å²) in [6, 6.07) is 8.64. The number of ether oxygens (including phenoxy) is 1. The van der Waals surface area contributed by atoms with Gasteiger partial charge in [-0.15, -0.1) is 0 Å². The van der Waals surface area contributed by atoms with Gasteiger partial charge >= 0.3 is 0 Å². The number of hydrogen-bond donors (Lipinski definition) is 1. The van der Waals surface area contributed by atoms with Crippen LogP contribution in [-0.2, 0) is 0 Å². The number of aliphatic hydroxyl groups excluding tert-OH is 1. The summed E-state index contributed by atoms with van der Waals surface area (Å²) in [5, 5.41) is 9.82. The molecule has 3 fully saturated rings. The third-order valence-corrected chi connectivity index (χ3v) is 8.49. The molecular formula is C30H38F2N2O3. The van der Waals surface area contributed by atoms with E-state index >= 15 is 0 Å². The summed E-state index contributed by atoms with van der Waals surface area (Å²) in [6.45, 7) is 7.11. The highest BCUT2D eigenvalue weighted by Crippen LogP contribution is 2.41. The number of carbonyl (C=O) groups is 1. The van der Waals surface area contributed by atoms with Crippen LogP contribution in [-0.4, -0.2) is 66.2 Å². The molecule has 3 aliphatic rings. The van der Waals surface area contributed by atoms with E-state index in [0.717, 1.165) is 32.0 Å². The molecule has 5 nitrogen and oxygen atoms in total. The Labute approximate surface area is 218 Å². The minimum absolute atomic E-state index is 0.104. The van der Waals surface area contributed by atoms with Crippen LogP contribution in [0.4, 0.5) is 8.78 Å². The van der Waals surface area contributed by atoms with Gasteiger partial charge in [-0.2, -0.15) is 0 Å². The molecule has 0 bridgehead atoms. The predicted molar refractivity (Wildman–Crippen MR) is 140 cm³/mol. The quantitative estimate of drug-likeness (QED) is 0.532. The molecule has 5 rings (SSSR count). The maximum absolute atomic E-state index is 15.0. The normalized spacial score (nSPS) is 22.5. The maximum atomic E-state index is 15.0. The molecule has 37 heavy (non-hydrogen) atoms. The number of β-amino-alcohol motifs (C(OH)–C–C–N with tert-alkyl or cyclic N) is 1. The first-order valence-corrected chi connectivity index (χ1v) is 13.7. The second kappa shape index (κ2) is 11.1. The van der Waals surface area contributed by atoms with E-state index in [1.165, 1.54) is 55.0 Å². The fraction of sp³-hybridized carbons (Fsp3) is 0.567. The lowest BCUT2D eigenvalue weighted by molar-refractivity contribution is 0.0473. The van der Waals surface area contributed by atoms with Gasteiger partial charge in [-0.1, -0.05) is 19.4 Å². The predicted octanol–water partition coefficient (Wildman–Crippen LogP) is 5.51. The number of hydrogen-bond acceptors (Lipinski definition) is 4. The van der Waals surface area contributed by atoms with E-state index in [-0.39, 0.29) is 29.1 Å². The molecule has 1 N–H and O–H groups in total. The van der Waals surface area contributed by atoms with Crippen molar-refractivity contribution >= 4 is 5.91 Å². The number of nitrogens with zero attached hydrogens (tertiary/aromatic N) is 2. The lowest BCUT2D eigenvalue weighted by atomic mass is 9.70. The van der Waals surface area contributed by atoms with Gasteiger partial charge in [0.15, 0.2) is 0 Å². The molecule has 2 heterocycles. The molecule has 1 aliphatic carbocycles. The number of likely N-dealkylation sites (tertiary alicyclic amines) is 2. The van der Waals surface area contributed by atoms with Gasteiger partial charge in [0.2, 0.25) is 0 Å². The number of carbonyl (C=O) groups excluding carboxylic acids is 1. The van der Waals surface area contributed by atoms with E-state index in [9.17, 15) is 18.7 Å². The molecule has 1 saturated carbocycles. The van der Waals surface area contributed by atoms with Crippen LogP contribution < -0.4 is 4.74 Å². The Hall–Kier alpha value is -2.51. The highest BCUT2D eigenvalue weighted by Gasteiger charge is 2.34. The molecular weight excluding hydrogens is 474 g/mol. The smallest absolute Gasteiger partial charge is 0.254 e. The molecule has 2 saturated heterocycles. The van der Waals surface area contributed by atoms with Gasteiger partial charge in [0.1, 0.15) is 17.4 Å². The second-order valence-corrected chi connectivity index (χ2v) is 11.6. The lowest BCUT2D eigenvalue weighted by Crippen LogP contribution is -2.44. The highest BCUT2D eigenvalue weighted by molar-refractivity contribution is 5.95. The van der Waals surface area contributed by atoms with Gasteiger partial charge in [0.25, 0.3) is 5.91 Å². The Morgan fingerprint density at radius 2 is 1.70 bits per heavy atom. The Kier molecular flexibility index (Phi) is 7.82. The van der Waals surface area contributed by atoms with Crippen molar-refractivity contribution in [2.24, 2.45) is 11.3 Å². The first kappa shape index (κ1) is 26.1. The Morgan fingerprint density at radius 1 is 1.00 bits per heavy atom. The molecule has 200 valence electrons. The van der Waals surface area contributed by atoms with Crippen molar-refractivity contribution in [3.63, 3.8) is 0 Å². The SMILES string of the molecule is CC1(CN2CCC(COc3ccc(-c4ccc(C(=O)N5CCC[C@H](O)C5)cc4F)c(F)c3)CC2)CCC1. The van der Waals surface area contributed by atoms with Crippen molar-refractivity contribution in [1.29, 1.82) is 0 Å². The van der Waals surface area contributed by atoms with E-state index in [0.29, 0.717) is 43.1 Å². The monoisotopic (exact) mass is 512 g/mol. The fourth-order valence-corrected chi connectivity index (χ4v) is 6.00. The summed E-state index contributed by atoms with van der Waals surface area (Å²) in [7, 11) is 0. The second-order valence-electron chi connectivity index (χ2n) is 11.6. The molecule has 7 heteroatoms. The van der Waals surface area contributed by atoms with E-state index < -0.39 is 17.7 Å². The topological polar surface area (TPSA) is 53.0 Å². The molecule has 2 aromatic rings. The zero-order chi connectivity index (χ0) is 26.0. The van der Waals surface area contributed by atoms with Crippen LogP contribution in [0.1, 0.15) is 62.2 Å². The summed E-state index contributed by atoms with van der Waals surface area (Å²) in [4.78, 5) is 16.8. The number of halogens is 2. The Morgan fingerprint density at radius 3 is 2.32 bits per heavy atom. The Bertz CT molecular complexity index is 1110. The Balaban J connectivity index is 1.16. The van der Waals surface area contributed by atoms with Crippen molar-refractivity contribution in [3.05, 3.63) is 53.6 Å². The van der Waals surface area contributed by atoms with E-state index in [1.54, 1.807) is 6.07 Å². The van der Waals surface area contributed by atoms with Crippen molar-refractivity contribution in [2.75, 3.05) is 39.3 Å². The van der Waals surface area contributed by atoms with E-state index in [2.05, 4.69) is 11.8 Å². The van der Waals surface area contributed by atoms with Crippen LogP contribution in [0.2, 0.25) is 0 Å². The van der Waals surface area contributed by atoms with Gasteiger partial charge in [-0.3, -0.25) is 4.79 Å². The average Bonchev–Trinajstić information content (AvgIpc) is 2.87. The lowest BCUT2D eigenvalue weighted by Gasteiger charge is -2.44. The van der Waals surface area contributed by atoms with Crippen molar-refractivity contribution in [2.45, 2.75) is 58.0 Å². The largest absolute Gasteiger partial charge is 0.493 e. The summed E-state index contributed by atoms with van der Waals surface area (Å²) in [5.41, 5.74) is 0.944. The van der Waals surface area contributed by atoms with Crippen molar-refractivity contribution < 1.29 is 23.4 Å². The fourth-order valence-electron chi connectivity index (χ4n) is 6.00. The third kappa shape index (κ3) is 6.15. The minimum Gasteiger partial charge on any atom is -0.493 e. The summed E-state index contributed by atoms with van der Waals surface area (Å²) in [5.74, 6) is -0.633. The van der Waals surface area contributed by atoms with Gasteiger partial charge < -0.3 is 19.6 Å². The first-order chi connectivity index (χ1) is 17.8. The first-order valence-electron chi connectivity index (χ1n) is 13.7. The molecule has 0 spiro atoms. The summed E-state index contributed by atoms with van der Waals surface area (Å²) in [6.07, 6.45) is 7.04. The van der Waals surface area contributed by atoms with Crippen LogP contribution in [0, 0.1) is 23.0 Å². The maximum Gasteiger partial charge on any atom is 0.254 e. The summed E-state index contributed by atoms with van der Waals surface area (Å²) < 4.78 is 35.8. The summed E-state index contributed by atoms with van der Waals surface area (Å²) >= 11 is 0. The molecule has 2 aliphatic heterocycles. The average molecular weight is 513 g/mol. The van der Waals surface area contributed by atoms with E-state index in [4.69, 9.17) is 4.74 Å². The number of rotatable bonds is 7. The molecule has 0 radical (unpaired) electrons. The van der Waals surface area contributed by atoms with Gasteiger partial charge in [0, 0.05) is 42.4 Å². The van der Waals surface area contributed by atoms with Crippen molar-refractivity contribution in [1.82, 2.24) is 9.80 Å². The van der Waals surface area contributed by atoms with Gasteiger partial charge in [0.05, 0.1) is 12.7 Å². The van der Waals surface area contributed by atoms with Crippen LogP contribution >= 0.6 is 0 Å². The number of benzene rings is 2. The van der Waals surface area contributed by atoms with Crippen LogP contribution in [0.5, 0.6) is 5.75 Å². The van der Waals surface area contributed by atoms with Crippen molar-refractivity contribution in [3.8, 4) is 16.9 Å². The zero-order valence-electron chi connectivity index (χ0n) is 21.7. The van der Waals surface area contributed by atoms with Gasteiger partial charge in [-0.25, -0.2) is 8.78 Å². The number of amides is 1. The van der Waals surface area contributed by atoms with E-state index in [1.807, 2.05) is 0 Å². The minimum atomic E-state index is -0.654. The zero-order valence-corrected chi connectivity index (χ0v) is 21.7. The molecule has 1 amide bonds. The molecule has 2 aromatic carbocycles. The van der Waals surface area contributed by atoms with Crippen LogP contribution in [0.25, 0.3) is 11.1 Å². The standard InChI is InChI=1S/C30H38F2N2O3/c1-30(11-3-12-30)20-33-14-9-21(10-15-33)19-37-24-6-8-26(28(32)17-24)25-7-5-22(16-27(25)31)29(36)34-13-2-4-23(35)18-34/h5-8,16-17,21,23,35H,2-4,9-15,18-20H2,1H3/t23-/m0/s1. The molecule has 1 atom stereocenters. The molecule has 0 aromatic heterocycles. The number of piperidine rings is 2. The van der Waals surface area contributed by atoms with Crippen LogP contribution in [0.3, 0.4) is 0 Å². The third-order valence-electron chi connectivity index (χ3n) is 8.49. The highest BCUT2D eigenvalue weighted by atomic mass is 19.1. The van der Waals surface area contributed by atoms with Gasteiger partial charge in [-0.05, 0) is 87.2 Å².